The smallest absolute Gasteiger partial charge is 0.272 e. The summed E-state index contributed by atoms with van der Waals surface area (Å²) in [4.78, 5) is 26.4. The first-order chi connectivity index (χ1) is 27.5. The highest BCUT2D eigenvalue weighted by Crippen LogP contribution is 2.30. The zero-order valence-electron chi connectivity index (χ0n) is 29.9. The van der Waals surface area contributed by atoms with Crippen LogP contribution in [-0.4, -0.2) is 72.3 Å². The fourth-order valence-corrected chi connectivity index (χ4v) is 9.07. The van der Waals surface area contributed by atoms with Crippen molar-refractivity contribution in [3.63, 3.8) is 0 Å². The van der Waals surface area contributed by atoms with Gasteiger partial charge in [-0.2, -0.15) is 10.5 Å². The Morgan fingerprint density at radius 1 is 0.862 bits per heavy atom. The van der Waals surface area contributed by atoms with Crippen LogP contribution in [0.1, 0.15) is 43.2 Å². The maximum atomic E-state index is 14.0. The molecule has 2 aliphatic rings. The molecule has 6 N–H and O–H groups in total. The number of sulfonamides is 2. The van der Waals surface area contributed by atoms with Gasteiger partial charge in [-0.1, -0.05) is 42.4 Å². The van der Waals surface area contributed by atoms with Crippen LogP contribution >= 0.6 is 0 Å². The molecule has 2 unspecified atom stereocenters. The summed E-state index contributed by atoms with van der Waals surface area (Å²) in [6.07, 6.45) is 12.2. The van der Waals surface area contributed by atoms with E-state index >= 15 is 0 Å². The average molecular weight is 829 g/mol. The number of carbonyl (C=O) groups excluding carboxylic acids is 2. The standard InChI is InChI=1S/C38H30F2N8O8S2/c1-3-31(49)29-12-9-26-34(58(55,56)45-29)20-48(36(26)38(52)44-24-7-11-28(40)22(16-24)18-42)14-4-5-32(50)30-13-8-25-33(57(53,54)46-30)19-47(2)35(25)37(51)43-23-6-10-27(39)21(15-23)17-41/h1,4-13,15-16,19-20,29-32,45-46,49-50H,14H2,2H3,(H,43,51)(H,44,52)/b5-4+/t29-,30-,31?,32?/m1/s1. The van der Waals surface area contributed by atoms with E-state index in [2.05, 4.69) is 20.1 Å². The summed E-state index contributed by atoms with van der Waals surface area (Å²) in [7, 11) is -7.36. The van der Waals surface area contributed by atoms with Gasteiger partial charge in [0.2, 0.25) is 20.0 Å². The molecule has 2 amide bonds. The molecule has 0 radical (unpaired) electrons. The second kappa shape index (κ2) is 16.0. The van der Waals surface area contributed by atoms with Gasteiger partial charge < -0.3 is 30.0 Å². The molecular weight excluding hydrogens is 799 g/mol. The Labute approximate surface area is 330 Å². The number of aryl methyl sites for hydroxylation is 1. The van der Waals surface area contributed by atoms with Crippen molar-refractivity contribution < 1.29 is 45.4 Å². The molecule has 20 heteroatoms. The molecule has 58 heavy (non-hydrogen) atoms. The number of nitrogens with one attached hydrogen (secondary N) is 4. The Kier molecular flexibility index (Phi) is 11.3. The first kappa shape index (κ1) is 40.9. The zero-order valence-corrected chi connectivity index (χ0v) is 31.5. The van der Waals surface area contributed by atoms with Gasteiger partial charge in [0, 0.05) is 48.5 Å². The maximum Gasteiger partial charge on any atom is 0.272 e. The number of nitriles is 2. The summed E-state index contributed by atoms with van der Waals surface area (Å²) in [5, 5.41) is 44.7. The largest absolute Gasteiger partial charge is 0.387 e. The quantitative estimate of drug-likeness (QED) is 0.106. The Morgan fingerprint density at radius 2 is 1.36 bits per heavy atom. The van der Waals surface area contributed by atoms with Gasteiger partial charge in [0.1, 0.15) is 51.1 Å². The van der Waals surface area contributed by atoms with Crippen LogP contribution in [0.2, 0.25) is 0 Å². The number of hydrogen-bond acceptors (Lipinski definition) is 10. The normalized spacial score (nSPS) is 18.7. The van der Waals surface area contributed by atoms with Gasteiger partial charge in [-0.3, -0.25) is 9.59 Å². The summed E-state index contributed by atoms with van der Waals surface area (Å²) in [6.45, 7) is -0.273. The molecule has 2 aromatic carbocycles. The van der Waals surface area contributed by atoms with E-state index < -0.39 is 67.8 Å². The molecule has 0 bridgehead atoms. The van der Waals surface area contributed by atoms with E-state index in [0.717, 1.165) is 30.5 Å². The Morgan fingerprint density at radius 3 is 1.91 bits per heavy atom. The molecule has 6 rings (SSSR count). The minimum absolute atomic E-state index is 0.00693. The van der Waals surface area contributed by atoms with Crippen molar-refractivity contribution in [1.29, 1.82) is 10.5 Å². The van der Waals surface area contributed by atoms with Gasteiger partial charge in [-0.25, -0.2) is 35.1 Å². The Bertz CT molecular complexity index is 2830. The lowest BCUT2D eigenvalue weighted by atomic mass is 10.1. The number of nitrogens with zero attached hydrogens (tertiary/aromatic N) is 4. The van der Waals surface area contributed by atoms with Crippen LogP contribution in [-0.2, 0) is 33.6 Å². The third kappa shape index (κ3) is 8.08. The third-order valence-electron chi connectivity index (χ3n) is 9.00. The Balaban J connectivity index is 1.29. The van der Waals surface area contributed by atoms with Crippen molar-refractivity contribution in [2.45, 2.75) is 40.6 Å². The molecular formula is C38H30F2N8O8S2. The van der Waals surface area contributed by atoms with Crippen molar-refractivity contribution in [3.05, 3.63) is 118 Å². The van der Waals surface area contributed by atoms with Gasteiger partial charge in [0.15, 0.2) is 0 Å². The van der Waals surface area contributed by atoms with Gasteiger partial charge >= 0.3 is 0 Å². The number of aromatic nitrogens is 2. The maximum absolute atomic E-state index is 14.0. The van der Waals surface area contributed by atoms with Crippen molar-refractivity contribution in [3.8, 4) is 24.5 Å². The molecule has 16 nitrogen and oxygen atoms in total. The topological polar surface area (TPSA) is 248 Å². The number of rotatable bonds is 9. The predicted molar refractivity (Wildman–Crippen MR) is 204 cm³/mol. The van der Waals surface area contributed by atoms with Gasteiger partial charge in [0.05, 0.1) is 29.3 Å². The van der Waals surface area contributed by atoms with E-state index in [9.17, 15) is 50.7 Å². The number of aliphatic hydroxyl groups is 2. The monoisotopic (exact) mass is 828 g/mol. The van der Waals surface area contributed by atoms with Crippen LogP contribution in [0.3, 0.4) is 0 Å². The van der Waals surface area contributed by atoms with Crippen molar-refractivity contribution >= 4 is 55.4 Å². The van der Waals surface area contributed by atoms with Crippen LogP contribution < -0.4 is 20.1 Å². The number of amides is 2. The summed E-state index contributed by atoms with van der Waals surface area (Å²) in [5.74, 6) is -1.25. The molecule has 0 fully saturated rings. The lowest BCUT2D eigenvalue weighted by Crippen LogP contribution is -2.40. The fourth-order valence-electron chi connectivity index (χ4n) is 6.21. The van der Waals surface area contributed by atoms with Crippen molar-refractivity contribution in [2.75, 3.05) is 10.6 Å². The highest BCUT2D eigenvalue weighted by Gasteiger charge is 2.34. The van der Waals surface area contributed by atoms with E-state index in [1.807, 2.05) is 5.92 Å². The zero-order chi connectivity index (χ0) is 42.1. The SMILES string of the molecule is C#CC(O)[C@H]1C=Cc2c(cn(C/C=C/C(O)[C@H]3C=Cc4c(cn(C)c4C(=O)Nc4ccc(F)c(C#N)c4)S(=O)(=O)N3)c2C(=O)Nc2ccc(F)c(C#N)c2)S(=O)(=O)N1. The van der Waals surface area contributed by atoms with Gasteiger partial charge in [-0.15, -0.1) is 6.42 Å². The van der Waals surface area contributed by atoms with E-state index in [0.29, 0.717) is 0 Å². The van der Waals surface area contributed by atoms with E-state index in [-0.39, 0.29) is 61.4 Å². The molecule has 4 aromatic rings. The number of halogens is 2. The molecule has 0 aliphatic carbocycles. The van der Waals surface area contributed by atoms with Crippen molar-refractivity contribution in [1.82, 2.24) is 18.6 Å². The number of terminal acetylenes is 1. The van der Waals surface area contributed by atoms with Crippen LogP contribution in [0.15, 0.2) is 82.9 Å². The van der Waals surface area contributed by atoms with Crippen molar-refractivity contribution in [2.24, 2.45) is 7.05 Å². The number of hydrogen-bond donors (Lipinski definition) is 6. The molecule has 2 aliphatic heterocycles. The number of carbonyl (C=O) groups is 2. The first-order valence-corrected chi connectivity index (χ1v) is 19.8. The van der Waals surface area contributed by atoms with Crippen LogP contribution in [0.25, 0.3) is 12.2 Å². The minimum Gasteiger partial charge on any atom is -0.387 e. The molecule has 4 heterocycles. The molecule has 0 spiro atoms. The van der Waals surface area contributed by atoms with Gasteiger partial charge in [-0.05, 0) is 36.4 Å². The van der Waals surface area contributed by atoms with E-state index in [4.69, 9.17) is 11.7 Å². The number of aliphatic hydroxyl groups excluding tert-OH is 2. The third-order valence-corrected chi connectivity index (χ3v) is 12.0. The van der Waals surface area contributed by atoms with E-state index in [1.165, 1.54) is 71.0 Å². The predicted octanol–water partition coefficient (Wildman–Crippen LogP) is 2.31. The lowest BCUT2D eigenvalue weighted by Gasteiger charge is -2.17. The molecule has 2 aromatic heterocycles. The highest BCUT2D eigenvalue weighted by atomic mass is 32.2. The fraction of sp³-hybridized carbons (Fsp3) is 0.158. The summed E-state index contributed by atoms with van der Waals surface area (Å²) >= 11 is 0. The second-order valence-electron chi connectivity index (χ2n) is 12.8. The Hall–Kier alpha value is -6.70. The second-order valence-corrected chi connectivity index (χ2v) is 16.2. The molecule has 4 atom stereocenters. The molecule has 296 valence electrons. The molecule has 0 saturated heterocycles. The van der Waals surface area contributed by atoms with Crippen LogP contribution in [0.4, 0.5) is 20.2 Å². The average Bonchev–Trinajstić information content (AvgIpc) is 3.65. The first-order valence-electron chi connectivity index (χ1n) is 16.8. The number of allylic oxidation sites excluding steroid dienone is 1. The number of benzene rings is 2. The lowest BCUT2D eigenvalue weighted by molar-refractivity contribution is 0.101. The minimum atomic E-state index is -4.42. The summed E-state index contributed by atoms with van der Waals surface area (Å²) in [5.41, 5.74) is -1.09. The summed E-state index contributed by atoms with van der Waals surface area (Å²) < 4.78 is 88.8. The van der Waals surface area contributed by atoms with Crippen LogP contribution in [0, 0.1) is 46.6 Å². The summed E-state index contributed by atoms with van der Waals surface area (Å²) in [6, 6.07) is 7.35. The van der Waals surface area contributed by atoms with Gasteiger partial charge in [0.25, 0.3) is 11.8 Å². The highest BCUT2D eigenvalue weighted by molar-refractivity contribution is 7.90. The van der Waals surface area contributed by atoms with Crippen LogP contribution in [0.5, 0.6) is 0 Å². The number of anilines is 2. The number of fused-ring (bicyclic) bond motifs is 2. The van der Waals surface area contributed by atoms with E-state index in [1.54, 1.807) is 12.1 Å². The molecule has 0 saturated carbocycles.